The highest BCUT2D eigenvalue weighted by Crippen LogP contribution is 2.27. The minimum atomic E-state index is -0.910. The molecule has 0 aliphatic heterocycles. The zero-order valence-corrected chi connectivity index (χ0v) is 10.6. The fraction of sp³-hybridized carbons (Fsp3) is 0. The lowest BCUT2D eigenvalue weighted by Crippen LogP contribution is -2.15. The second-order valence-electron chi connectivity index (χ2n) is 3.69. The van der Waals surface area contributed by atoms with E-state index in [1.165, 1.54) is 24.4 Å². The molecule has 0 radical (unpaired) electrons. The van der Waals surface area contributed by atoms with Crippen LogP contribution in [0.15, 0.2) is 36.5 Å². The molecule has 0 saturated carbocycles. The fourth-order valence-electron chi connectivity index (χ4n) is 1.52. The van der Waals surface area contributed by atoms with Gasteiger partial charge in [0.2, 0.25) is 0 Å². The number of nitrogens with one attached hydrogen (secondary N) is 1. The summed E-state index contributed by atoms with van der Waals surface area (Å²) in [5.41, 5.74) is -1.06. The maximum atomic E-state index is 13.6. The highest BCUT2D eigenvalue weighted by molar-refractivity contribution is 6.33. The molecule has 102 valence electrons. The number of benzene rings is 1. The Bertz CT molecular complexity index is 693. The number of aromatic nitrogens is 1. The van der Waals surface area contributed by atoms with Crippen LogP contribution < -0.4 is 5.32 Å². The van der Waals surface area contributed by atoms with E-state index >= 15 is 0 Å². The lowest BCUT2D eigenvalue weighted by atomic mass is 10.2. The first-order valence-electron chi connectivity index (χ1n) is 5.35. The zero-order valence-electron chi connectivity index (χ0n) is 9.84. The van der Waals surface area contributed by atoms with Crippen molar-refractivity contribution in [1.82, 2.24) is 4.98 Å². The van der Waals surface area contributed by atoms with Crippen molar-refractivity contribution in [3.05, 3.63) is 63.2 Å². The summed E-state index contributed by atoms with van der Waals surface area (Å²) in [7, 11) is 0. The summed E-state index contributed by atoms with van der Waals surface area (Å²) in [5.74, 6) is -1.69. The number of anilines is 1. The maximum Gasteiger partial charge on any atom is 0.295 e. The Morgan fingerprint density at radius 3 is 2.75 bits per heavy atom. The van der Waals surface area contributed by atoms with Gasteiger partial charge in [-0.15, -0.1) is 0 Å². The summed E-state index contributed by atoms with van der Waals surface area (Å²) in [6.07, 6.45) is 1.38. The van der Waals surface area contributed by atoms with E-state index < -0.39 is 28.0 Å². The van der Waals surface area contributed by atoms with E-state index in [2.05, 4.69) is 10.3 Å². The molecule has 0 bridgehead atoms. The number of nitro benzene ring substituents is 1. The van der Waals surface area contributed by atoms with Gasteiger partial charge in [-0.2, -0.15) is 0 Å². The Kier molecular flexibility index (Phi) is 3.90. The van der Waals surface area contributed by atoms with Gasteiger partial charge in [-0.3, -0.25) is 14.9 Å². The zero-order chi connectivity index (χ0) is 14.7. The van der Waals surface area contributed by atoms with Crippen LogP contribution in [0.2, 0.25) is 5.15 Å². The minimum Gasteiger partial charge on any atom is -0.314 e. The quantitative estimate of drug-likeness (QED) is 0.536. The lowest BCUT2D eigenvalue weighted by Gasteiger charge is -2.07. The van der Waals surface area contributed by atoms with Gasteiger partial charge in [-0.25, -0.2) is 9.37 Å². The highest BCUT2D eigenvalue weighted by atomic mass is 35.5. The molecule has 0 fully saturated rings. The van der Waals surface area contributed by atoms with E-state index in [0.717, 1.165) is 12.1 Å². The number of halogens is 2. The number of pyridine rings is 1. The summed E-state index contributed by atoms with van der Waals surface area (Å²) in [6, 6.07) is 6.12. The second kappa shape index (κ2) is 5.62. The van der Waals surface area contributed by atoms with Crippen LogP contribution in [0.25, 0.3) is 0 Å². The summed E-state index contributed by atoms with van der Waals surface area (Å²) in [4.78, 5) is 25.7. The third-order valence-corrected chi connectivity index (χ3v) is 2.73. The van der Waals surface area contributed by atoms with E-state index in [1.54, 1.807) is 0 Å². The van der Waals surface area contributed by atoms with E-state index in [-0.39, 0.29) is 10.7 Å². The Hall–Kier alpha value is -2.54. The number of carbonyl (C=O) groups excluding carboxylic acids is 1. The van der Waals surface area contributed by atoms with Crippen LogP contribution in [0.5, 0.6) is 0 Å². The Labute approximate surface area is 117 Å². The Morgan fingerprint density at radius 2 is 2.10 bits per heavy atom. The molecular formula is C12H7ClFN3O3. The molecule has 0 atom stereocenters. The number of amides is 1. The van der Waals surface area contributed by atoms with Crippen molar-refractivity contribution in [3.8, 4) is 0 Å². The maximum absolute atomic E-state index is 13.6. The first-order valence-corrected chi connectivity index (χ1v) is 5.73. The molecule has 20 heavy (non-hydrogen) atoms. The molecule has 1 amide bonds. The normalized spacial score (nSPS) is 10.1. The Morgan fingerprint density at radius 1 is 1.35 bits per heavy atom. The third kappa shape index (κ3) is 2.72. The van der Waals surface area contributed by atoms with E-state index in [1.807, 2.05) is 0 Å². The molecule has 0 unspecified atom stereocenters. The Balaban J connectivity index is 2.38. The van der Waals surface area contributed by atoms with Crippen molar-refractivity contribution < 1.29 is 14.1 Å². The van der Waals surface area contributed by atoms with Gasteiger partial charge in [0.05, 0.1) is 10.5 Å². The van der Waals surface area contributed by atoms with Crippen molar-refractivity contribution in [2.24, 2.45) is 0 Å². The first-order chi connectivity index (χ1) is 9.50. The van der Waals surface area contributed by atoms with Crippen LogP contribution in [0, 0.1) is 15.9 Å². The molecule has 1 aromatic heterocycles. The van der Waals surface area contributed by atoms with Crippen molar-refractivity contribution in [1.29, 1.82) is 0 Å². The number of hydrogen-bond donors (Lipinski definition) is 1. The molecule has 0 saturated heterocycles. The monoisotopic (exact) mass is 295 g/mol. The van der Waals surface area contributed by atoms with Crippen molar-refractivity contribution in [2.45, 2.75) is 0 Å². The average molecular weight is 296 g/mol. The van der Waals surface area contributed by atoms with Gasteiger partial charge in [-0.05, 0) is 18.2 Å². The summed E-state index contributed by atoms with van der Waals surface area (Å²) < 4.78 is 13.6. The number of nitro groups is 1. The van der Waals surface area contributed by atoms with Crippen molar-refractivity contribution >= 4 is 28.9 Å². The first kappa shape index (κ1) is 13.9. The van der Waals surface area contributed by atoms with Crippen LogP contribution >= 0.6 is 11.6 Å². The smallest absolute Gasteiger partial charge is 0.295 e. The van der Waals surface area contributed by atoms with Crippen LogP contribution in [0.4, 0.5) is 15.8 Å². The van der Waals surface area contributed by atoms with Crippen molar-refractivity contribution in [3.63, 3.8) is 0 Å². The highest BCUT2D eigenvalue weighted by Gasteiger charge is 2.21. The number of carbonyl (C=O) groups is 1. The van der Waals surface area contributed by atoms with Crippen LogP contribution in [-0.4, -0.2) is 15.8 Å². The number of para-hydroxylation sites is 1. The summed E-state index contributed by atoms with van der Waals surface area (Å²) in [5, 5.41) is 12.9. The van der Waals surface area contributed by atoms with E-state index in [4.69, 9.17) is 11.6 Å². The largest absolute Gasteiger partial charge is 0.314 e. The molecule has 2 aromatic rings. The lowest BCUT2D eigenvalue weighted by molar-refractivity contribution is -0.384. The molecule has 8 heteroatoms. The average Bonchev–Trinajstić information content (AvgIpc) is 2.41. The van der Waals surface area contributed by atoms with Gasteiger partial charge in [0, 0.05) is 12.3 Å². The summed E-state index contributed by atoms with van der Waals surface area (Å²) in [6.45, 7) is 0. The van der Waals surface area contributed by atoms with Crippen LogP contribution in [0.3, 0.4) is 0 Å². The van der Waals surface area contributed by atoms with Gasteiger partial charge >= 0.3 is 0 Å². The van der Waals surface area contributed by atoms with E-state index in [9.17, 15) is 19.3 Å². The minimum absolute atomic E-state index is 0.00767. The topological polar surface area (TPSA) is 85.1 Å². The fourth-order valence-corrected chi connectivity index (χ4v) is 1.73. The predicted molar refractivity (Wildman–Crippen MR) is 70.3 cm³/mol. The summed E-state index contributed by atoms with van der Waals surface area (Å²) >= 11 is 5.73. The number of rotatable bonds is 3. The van der Waals surface area contributed by atoms with E-state index in [0.29, 0.717) is 0 Å². The van der Waals surface area contributed by atoms with Crippen LogP contribution in [0.1, 0.15) is 10.4 Å². The molecule has 1 N–H and O–H groups in total. The van der Waals surface area contributed by atoms with Crippen LogP contribution in [-0.2, 0) is 0 Å². The SMILES string of the molecule is O=C(Nc1c(F)cccc1[N+](=O)[O-])c1cccnc1Cl. The number of hydrogen-bond acceptors (Lipinski definition) is 4. The second-order valence-corrected chi connectivity index (χ2v) is 4.04. The molecule has 6 nitrogen and oxygen atoms in total. The predicted octanol–water partition coefficient (Wildman–Crippen LogP) is 3.03. The molecule has 1 heterocycles. The molecule has 0 aliphatic carbocycles. The van der Waals surface area contributed by atoms with Gasteiger partial charge < -0.3 is 5.32 Å². The van der Waals surface area contributed by atoms with Gasteiger partial charge in [0.25, 0.3) is 11.6 Å². The molecule has 0 spiro atoms. The standard InChI is InChI=1S/C12H7ClFN3O3/c13-11-7(3-2-6-15-11)12(18)16-10-8(14)4-1-5-9(10)17(19)20/h1-6H,(H,16,18). The molecule has 1 aromatic carbocycles. The molecule has 0 aliphatic rings. The van der Waals surface area contributed by atoms with Gasteiger partial charge in [-0.1, -0.05) is 17.7 Å². The molecule has 2 rings (SSSR count). The molecular weight excluding hydrogens is 289 g/mol. The third-order valence-electron chi connectivity index (χ3n) is 2.43. The van der Waals surface area contributed by atoms with Crippen molar-refractivity contribution in [2.75, 3.05) is 5.32 Å². The van der Waals surface area contributed by atoms with Gasteiger partial charge in [0.15, 0.2) is 11.5 Å². The van der Waals surface area contributed by atoms with Gasteiger partial charge in [0.1, 0.15) is 5.15 Å². The number of nitrogens with zero attached hydrogens (tertiary/aromatic N) is 2.